The molecule has 1 saturated heterocycles. The fourth-order valence-electron chi connectivity index (χ4n) is 4.90. The Morgan fingerprint density at radius 3 is 2.36 bits per heavy atom. The summed E-state index contributed by atoms with van der Waals surface area (Å²) < 4.78 is 47.2. The van der Waals surface area contributed by atoms with Crippen LogP contribution in [0.3, 0.4) is 0 Å². The molecule has 0 aromatic heterocycles. The van der Waals surface area contributed by atoms with Crippen LogP contribution >= 0.6 is 0 Å². The molecule has 1 N–H and O–H groups in total. The van der Waals surface area contributed by atoms with Gasteiger partial charge in [-0.1, -0.05) is 50.2 Å². The van der Waals surface area contributed by atoms with Crippen LogP contribution in [0.4, 0.5) is 23.7 Å². The Morgan fingerprint density at radius 1 is 1.12 bits per heavy atom. The molecule has 1 aliphatic heterocycles. The highest BCUT2D eigenvalue weighted by Crippen LogP contribution is 2.41. The van der Waals surface area contributed by atoms with E-state index in [0.29, 0.717) is 13.2 Å². The van der Waals surface area contributed by atoms with Crippen LogP contribution in [0.25, 0.3) is 0 Å². The number of ether oxygens (including phenoxy) is 1. The minimum Gasteiger partial charge on any atom is -0.381 e. The summed E-state index contributed by atoms with van der Waals surface area (Å²) in [7, 11) is 1.21. The lowest BCUT2D eigenvalue weighted by atomic mass is 9.83. The van der Waals surface area contributed by atoms with Crippen molar-refractivity contribution in [1.82, 2.24) is 9.80 Å². The fraction of sp³-hybridized carbons (Fsp3) is 0.480. The summed E-state index contributed by atoms with van der Waals surface area (Å²) in [6.07, 6.45) is -3.74. The maximum absolute atomic E-state index is 14.0. The molecule has 0 spiro atoms. The zero-order chi connectivity index (χ0) is 23.8. The quantitative estimate of drug-likeness (QED) is 0.698. The monoisotopic (exact) mass is 461 g/mol. The number of urea groups is 1. The Morgan fingerprint density at radius 2 is 1.76 bits per heavy atom. The van der Waals surface area contributed by atoms with Gasteiger partial charge < -0.3 is 19.9 Å². The van der Waals surface area contributed by atoms with Gasteiger partial charge in [0.05, 0.1) is 13.2 Å². The molecule has 2 amide bonds. The maximum atomic E-state index is 14.0. The first kappa shape index (κ1) is 23.4. The zero-order valence-corrected chi connectivity index (χ0v) is 19.2. The normalized spacial score (nSPS) is 20.8. The Hall–Kier alpha value is -2.74. The van der Waals surface area contributed by atoms with Gasteiger partial charge in [0.2, 0.25) is 0 Å². The van der Waals surface area contributed by atoms with Crippen molar-refractivity contribution in [3.63, 3.8) is 0 Å². The van der Waals surface area contributed by atoms with E-state index in [4.69, 9.17) is 4.74 Å². The number of nitrogens with one attached hydrogen (secondary N) is 1. The van der Waals surface area contributed by atoms with Gasteiger partial charge in [0.25, 0.3) is 0 Å². The molecule has 1 aliphatic carbocycles. The van der Waals surface area contributed by atoms with E-state index in [-0.39, 0.29) is 30.1 Å². The van der Waals surface area contributed by atoms with Crippen molar-refractivity contribution in [2.45, 2.75) is 43.9 Å². The van der Waals surface area contributed by atoms with Crippen LogP contribution in [-0.4, -0.2) is 61.4 Å². The van der Waals surface area contributed by atoms with Gasteiger partial charge in [0, 0.05) is 37.3 Å². The first-order valence-electron chi connectivity index (χ1n) is 11.2. The van der Waals surface area contributed by atoms with Gasteiger partial charge in [-0.3, -0.25) is 0 Å². The SMILES string of the molecule is CN(C(=O)N1CCOCC1)C(c1ccc(N[C@H]2Cc3ccccc3C2(C)C)cc1)C(F)(F)F. The van der Waals surface area contributed by atoms with Crippen LogP contribution in [0.1, 0.15) is 36.6 Å². The third-order valence-electron chi connectivity index (χ3n) is 6.85. The Kier molecular flexibility index (Phi) is 6.31. The Balaban J connectivity index is 1.51. The van der Waals surface area contributed by atoms with E-state index in [0.717, 1.165) is 17.0 Å². The molecule has 2 atom stereocenters. The summed E-state index contributed by atoms with van der Waals surface area (Å²) in [4.78, 5) is 14.9. The third kappa shape index (κ3) is 4.67. The predicted molar refractivity (Wildman–Crippen MR) is 121 cm³/mol. The van der Waals surface area contributed by atoms with Crippen LogP contribution in [-0.2, 0) is 16.6 Å². The van der Waals surface area contributed by atoms with Crippen molar-refractivity contribution < 1.29 is 22.7 Å². The molecular formula is C25H30F3N3O2. The highest BCUT2D eigenvalue weighted by Gasteiger charge is 2.46. The molecule has 178 valence electrons. The molecule has 0 saturated carbocycles. The second kappa shape index (κ2) is 8.89. The van der Waals surface area contributed by atoms with E-state index < -0.39 is 18.2 Å². The number of carbonyl (C=O) groups excluding carboxylic acids is 1. The third-order valence-corrected chi connectivity index (χ3v) is 6.85. The number of alkyl halides is 3. The largest absolute Gasteiger partial charge is 0.413 e. The summed E-state index contributed by atoms with van der Waals surface area (Å²) in [5, 5.41) is 3.50. The van der Waals surface area contributed by atoms with E-state index in [2.05, 4.69) is 31.3 Å². The van der Waals surface area contributed by atoms with Crippen LogP contribution < -0.4 is 5.32 Å². The summed E-state index contributed by atoms with van der Waals surface area (Å²) in [5.41, 5.74) is 3.27. The van der Waals surface area contributed by atoms with Gasteiger partial charge in [-0.05, 0) is 35.2 Å². The minimum atomic E-state index is -4.60. The smallest absolute Gasteiger partial charge is 0.381 e. The van der Waals surface area contributed by atoms with Gasteiger partial charge >= 0.3 is 12.2 Å². The van der Waals surface area contributed by atoms with Crippen LogP contribution in [0.5, 0.6) is 0 Å². The summed E-state index contributed by atoms with van der Waals surface area (Å²) in [5.74, 6) is 0. The van der Waals surface area contributed by atoms with Gasteiger partial charge in [-0.2, -0.15) is 13.2 Å². The van der Waals surface area contributed by atoms with E-state index in [1.165, 1.54) is 35.2 Å². The van der Waals surface area contributed by atoms with Crippen molar-refractivity contribution in [1.29, 1.82) is 0 Å². The molecule has 2 aromatic rings. The predicted octanol–water partition coefficient (Wildman–Crippen LogP) is 4.99. The number of anilines is 1. The number of halogens is 3. The molecule has 4 rings (SSSR count). The Labute approximate surface area is 192 Å². The second-order valence-electron chi connectivity index (χ2n) is 9.34. The van der Waals surface area contributed by atoms with E-state index in [9.17, 15) is 18.0 Å². The van der Waals surface area contributed by atoms with Gasteiger partial charge in [0.15, 0.2) is 6.04 Å². The molecule has 2 aromatic carbocycles. The van der Waals surface area contributed by atoms with Crippen LogP contribution in [0.15, 0.2) is 48.5 Å². The summed E-state index contributed by atoms with van der Waals surface area (Å²) >= 11 is 0. The zero-order valence-electron chi connectivity index (χ0n) is 19.2. The molecule has 1 heterocycles. The number of benzene rings is 2. The lowest BCUT2D eigenvalue weighted by molar-refractivity contribution is -0.177. The first-order chi connectivity index (χ1) is 15.6. The van der Waals surface area contributed by atoms with Crippen molar-refractivity contribution in [3.05, 3.63) is 65.2 Å². The van der Waals surface area contributed by atoms with Crippen LogP contribution in [0.2, 0.25) is 0 Å². The number of carbonyl (C=O) groups is 1. The average molecular weight is 462 g/mol. The van der Waals surface area contributed by atoms with Crippen molar-refractivity contribution >= 4 is 11.7 Å². The Bertz CT molecular complexity index is 985. The maximum Gasteiger partial charge on any atom is 0.413 e. The van der Waals surface area contributed by atoms with Crippen molar-refractivity contribution in [2.24, 2.45) is 0 Å². The number of hydrogen-bond acceptors (Lipinski definition) is 3. The van der Waals surface area contributed by atoms with Crippen molar-refractivity contribution in [3.8, 4) is 0 Å². The number of hydrogen-bond donors (Lipinski definition) is 1. The molecule has 2 aliphatic rings. The molecule has 0 bridgehead atoms. The molecular weight excluding hydrogens is 431 g/mol. The van der Waals surface area contributed by atoms with Gasteiger partial charge in [0.1, 0.15) is 0 Å². The average Bonchev–Trinajstić information content (AvgIpc) is 3.04. The molecule has 33 heavy (non-hydrogen) atoms. The fourth-order valence-corrected chi connectivity index (χ4v) is 4.90. The molecule has 1 unspecified atom stereocenters. The highest BCUT2D eigenvalue weighted by molar-refractivity contribution is 5.75. The van der Waals surface area contributed by atoms with Crippen molar-refractivity contribution in [2.75, 3.05) is 38.7 Å². The second-order valence-corrected chi connectivity index (χ2v) is 9.34. The van der Waals surface area contributed by atoms with E-state index >= 15 is 0 Å². The number of amides is 2. The summed E-state index contributed by atoms with van der Waals surface area (Å²) in [6.45, 7) is 5.59. The minimum absolute atomic E-state index is 0.0335. The topological polar surface area (TPSA) is 44.8 Å². The lowest BCUT2D eigenvalue weighted by Crippen LogP contribution is -2.50. The summed E-state index contributed by atoms with van der Waals surface area (Å²) in [6, 6.07) is 12.0. The highest BCUT2D eigenvalue weighted by atomic mass is 19.4. The number of morpholine rings is 1. The van der Waals surface area contributed by atoms with Gasteiger partial charge in [-0.25, -0.2) is 4.79 Å². The number of rotatable bonds is 4. The number of nitrogens with zero attached hydrogens (tertiary/aromatic N) is 2. The van der Waals surface area contributed by atoms with Crippen LogP contribution in [0, 0.1) is 0 Å². The van der Waals surface area contributed by atoms with E-state index in [1.807, 2.05) is 12.1 Å². The lowest BCUT2D eigenvalue weighted by Gasteiger charge is -2.36. The first-order valence-corrected chi connectivity index (χ1v) is 11.2. The standard InChI is InChI=1S/C25H30F3N3O2/c1-24(2)20-7-5-4-6-18(20)16-21(24)29-19-10-8-17(9-11-19)22(25(26,27)28)30(3)23(32)31-12-14-33-15-13-31/h4-11,21-22,29H,12-16H2,1-3H3/t21-,22?/m0/s1. The molecule has 8 heteroatoms. The molecule has 5 nitrogen and oxygen atoms in total. The number of fused-ring (bicyclic) bond motifs is 1. The van der Waals surface area contributed by atoms with E-state index in [1.54, 1.807) is 12.1 Å². The van der Waals surface area contributed by atoms with Gasteiger partial charge in [-0.15, -0.1) is 0 Å². The molecule has 0 radical (unpaired) electrons. The molecule has 1 fully saturated rings.